The first kappa shape index (κ1) is 31.0. The largest absolute Gasteiger partial charge is 0.353 e. The third-order valence-corrected chi connectivity index (χ3v) is 9.70. The zero-order valence-corrected chi connectivity index (χ0v) is 27.6. The van der Waals surface area contributed by atoms with Crippen molar-refractivity contribution in [2.75, 3.05) is 16.8 Å². The van der Waals surface area contributed by atoms with Gasteiger partial charge in [-0.1, -0.05) is 69.3 Å². The van der Waals surface area contributed by atoms with E-state index in [0.29, 0.717) is 50.4 Å². The Hall–Kier alpha value is -3.04. The van der Waals surface area contributed by atoms with Crippen LogP contribution in [0.25, 0.3) is 11.2 Å². The van der Waals surface area contributed by atoms with Gasteiger partial charge in [-0.2, -0.15) is 0 Å². The number of nitrogens with one attached hydrogen (secondary N) is 3. The number of imidazole rings is 1. The number of aryl methyl sites for hydroxylation is 1. The van der Waals surface area contributed by atoms with E-state index in [1.165, 1.54) is 19.3 Å². The maximum atomic E-state index is 13.8. The first-order chi connectivity index (χ1) is 21.0. The summed E-state index contributed by atoms with van der Waals surface area (Å²) in [5, 5.41) is 10.4. The van der Waals surface area contributed by atoms with Crippen LogP contribution in [0.5, 0.6) is 0 Å². The van der Waals surface area contributed by atoms with Gasteiger partial charge in [0.2, 0.25) is 11.9 Å². The van der Waals surface area contributed by atoms with Crippen LogP contribution in [0, 0.1) is 11.3 Å². The minimum atomic E-state index is -0.515. The van der Waals surface area contributed by atoms with Crippen LogP contribution in [0.2, 0.25) is 10.0 Å². The van der Waals surface area contributed by atoms with Crippen LogP contribution >= 0.6 is 23.2 Å². The molecule has 0 atom stereocenters. The Kier molecular flexibility index (Phi) is 8.72. The summed E-state index contributed by atoms with van der Waals surface area (Å²) in [5.74, 6) is 1.78. The normalized spacial score (nSPS) is 17.5. The molecule has 2 heterocycles. The molecule has 0 spiro atoms. The van der Waals surface area contributed by atoms with Crippen LogP contribution in [0.15, 0.2) is 18.2 Å². The number of carbonyl (C=O) groups excluding carboxylic acids is 2. The van der Waals surface area contributed by atoms with Crippen molar-refractivity contribution in [1.29, 1.82) is 0 Å². The standard InChI is InChI=1S/C33H43Cl2N7O2/c1-33(2,3)31(44)36-17-20-12-15-24(34)27(26(20)35)39-32-38-25-16-23(30(43)37-21-8-6-5-7-9-21)28(40-29(25)41(32)4)42(22-13-14-22)18-19-10-11-19/h12,15-16,19,21-22H,5-11,13-14,17-18H2,1-4H3,(H,36,44)(H,37,43)(H,38,39). The van der Waals surface area contributed by atoms with Gasteiger partial charge in [0.15, 0.2) is 5.65 Å². The molecule has 44 heavy (non-hydrogen) atoms. The van der Waals surface area contributed by atoms with E-state index in [0.717, 1.165) is 56.5 Å². The van der Waals surface area contributed by atoms with Crippen LogP contribution in [0.1, 0.15) is 94.5 Å². The summed E-state index contributed by atoms with van der Waals surface area (Å²) in [6.45, 7) is 6.80. The molecule has 3 aliphatic rings. The van der Waals surface area contributed by atoms with Crippen LogP contribution < -0.4 is 20.9 Å². The smallest absolute Gasteiger partial charge is 0.255 e. The SMILES string of the molecule is Cn1c(Nc2c(Cl)ccc(CNC(=O)C(C)(C)C)c2Cl)nc2cc(C(=O)NC3CCCCC3)c(N(CC3CC3)C3CC3)nc21. The van der Waals surface area contributed by atoms with Gasteiger partial charge in [0.05, 0.1) is 21.3 Å². The van der Waals surface area contributed by atoms with Crippen molar-refractivity contribution >= 4 is 63.6 Å². The van der Waals surface area contributed by atoms with Crippen LogP contribution in [-0.4, -0.2) is 45.0 Å². The van der Waals surface area contributed by atoms with Gasteiger partial charge in [-0.25, -0.2) is 9.97 Å². The minimum Gasteiger partial charge on any atom is -0.353 e. The molecule has 0 aliphatic heterocycles. The van der Waals surface area contributed by atoms with Crippen LogP contribution in [0.4, 0.5) is 17.5 Å². The van der Waals surface area contributed by atoms with Gasteiger partial charge in [-0.05, 0) is 62.1 Å². The lowest BCUT2D eigenvalue weighted by Gasteiger charge is -2.27. The Balaban J connectivity index is 1.33. The predicted octanol–water partition coefficient (Wildman–Crippen LogP) is 7.12. The van der Waals surface area contributed by atoms with Gasteiger partial charge < -0.3 is 20.9 Å². The van der Waals surface area contributed by atoms with Gasteiger partial charge >= 0.3 is 0 Å². The molecule has 0 unspecified atom stereocenters. The zero-order chi connectivity index (χ0) is 31.2. The number of rotatable bonds is 10. The Labute approximate surface area is 269 Å². The molecule has 3 aliphatic carbocycles. The molecule has 1 aromatic carbocycles. The van der Waals surface area contributed by atoms with Crippen LogP contribution in [-0.2, 0) is 18.4 Å². The van der Waals surface area contributed by atoms with Gasteiger partial charge in [0.1, 0.15) is 11.3 Å². The maximum Gasteiger partial charge on any atom is 0.255 e. The second kappa shape index (κ2) is 12.4. The molecular formula is C33H43Cl2N7O2. The Morgan fingerprint density at radius 3 is 2.41 bits per heavy atom. The molecule has 236 valence electrons. The quantitative estimate of drug-likeness (QED) is 0.218. The Bertz CT molecular complexity index is 1570. The van der Waals surface area contributed by atoms with Crippen molar-refractivity contribution < 1.29 is 9.59 Å². The highest BCUT2D eigenvalue weighted by atomic mass is 35.5. The van der Waals surface area contributed by atoms with Crippen molar-refractivity contribution in [3.63, 3.8) is 0 Å². The molecule has 3 N–H and O–H groups in total. The van der Waals surface area contributed by atoms with E-state index in [9.17, 15) is 9.59 Å². The lowest BCUT2D eigenvalue weighted by atomic mass is 9.95. The maximum absolute atomic E-state index is 13.8. The Morgan fingerprint density at radius 1 is 1.02 bits per heavy atom. The third-order valence-electron chi connectivity index (χ3n) is 8.95. The number of pyridine rings is 1. The molecule has 3 saturated carbocycles. The Morgan fingerprint density at radius 2 is 1.75 bits per heavy atom. The summed E-state index contributed by atoms with van der Waals surface area (Å²) in [6, 6.07) is 6.08. The molecule has 0 saturated heterocycles. The van der Waals surface area contributed by atoms with Crippen molar-refractivity contribution in [3.05, 3.63) is 39.4 Å². The molecule has 3 fully saturated rings. The highest BCUT2D eigenvalue weighted by Gasteiger charge is 2.37. The van der Waals surface area contributed by atoms with E-state index >= 15 is 0 Å². The van der Waals surface area contributed by atoms with Crippen LogP contribution in [0.3, 0.4) is 0 Å². The fraction of sp³-hybridized carbons (Fsp3) is 0.576. The molecule has 2 amide bonds. The number of hydrogen-bond acceptors (Lipinski definition) is 6. The zero-order valence-electron chi connectivity index (χ0n) is 26.1. The fourth-order valence-electron chi connectivity index (χ4n) is 5.88. The number of anilines is 3. The molecule has 3 aromatic rings. The summed E-state index contributed by atoms with van der Waals surface area (Å²) in [7, 11) is 1.90. The second-order valence-electron chi connectivity index (χ2n) is 13.8. The number of nitrogens with zero attached hydrogens (tertiary/aromatic N) is 4. The summed E-state index contributed by atoms with van der Waals surface area (Å²) >= 11 is 13.4. The first-order valence-corrected chi connectivity index (χ1v) is 16.7. The number of aromatic nitrogens is 3. The highest BCUT2D eigenvalue weighted by molar-refractivity contribution is 6.39. The number of amides is 2. The number of halogens is 2. The number of fused-ring (bicyclic) bond motifs is 1. The van der Waals surface area contributed by atoms with E-state index in [1.807, 2.05) is 44.5 Å². The van der Waals surface area contributed by atoms with Gasteiger partial charge in [0, 0.05) is 37.6 Å². The second-order valence-corrected chi connectivity index (χ2v) is 14.6. The van der Waals surface area contributed by atoms with E-state index < -0.39 is 5.41 Å². The topological polar surface area (TPSA) is 104 Å². The van der Waals surface area contributed by atoms with Crippen molar-refractivity contribution in [3.8, 4) is 0 Å². The monoisotopic (exact) mass is 639 g/mol. The lowest BCUT2D eigenvalue weighted by molar-refractivity contribution is -0.128. The highest BCUT2D eigenvalue weighted by Crippen LogP contribution is 2.40. The molecule has 2 aromatic heterocycles. The molecule has 6 rings (SSSR count). The predicted molar refractivity (Wildman–Crippen MR) is 177 cm³/mol. The summed E-state index contributed by atoms with van der Waals surface area (Å²) in [6.07, 6.45) is 10.3. The number of carbonyl (C=O) groups is 2. The van der Waals surface area contributed by atoms with E-state index in [1.54, 1.807) is 6.07 Å². The van der Waals surface area contributed by atoms with Crippen molar-refractivity contribution in [2.24, 2.45) is 18.4 Å². The average molecular weight is 641 g/mol. The van der Waals surface area contributed by atoms with Gasteiger partial charge in [-0.15, -0.1) is 0 Å². The average Bonchev–Trinajstić information content (AvgIpc) is 3.92. The van der Waals surface area contributed by atoms with Crippen molar-refractivity contribution in [1.82, 2.24) is 25.2 Å². The summed E-state index contributed by atoms with van der Waals surface area (Å²) in [5.41, 5.74) is 2.61. The van der Waals surface area contributed by atoms with Gasteiger partial charge in [-0.3, -0.25) is 14.2 Å². The first-order valence-electron chi connectivity index (χ1n) is 16.0. The summed E-state index contributed by atoms with van der Waals surface area (Å²) in [4.78, 5) is 38.6. The third kappa shape index (κ3) is 6.79. The van der Waals surface area contributed by atoms with Gasteiger partial charge in [0.25, 0.3) is 5.91 Å². The fourth-order valence-corrected chi connectivity index (χ4v) is 6.41. The number of benzene rings is 1. The van der Waals surface area contributed by atoms with E-state index in [4.69, 9.17) is 33.2 Å². The van der Waals surface area contributed by atoms with E-state index in [2.05, 4.69) is 20.9 Å². The number of hydrogen-bond donors (Lipinski definition) is 3. The molecule has 11 heteroatoms. The lowest BCUT2D eigenvalue weighted by Crippen LogP contribution is -2.38. The molecule has 0 bridgehead atoms. The minimum absolute atomic E-state index is 0.0690. The molecular weight excluding hydrogens is 597 g/mol. The molecule has 9 nitrogen and oxygen atoms in total. The molecule has 0 radical (unpaired) electrons. The summed E-state index contributed by atoms with van der Waals surface area (Å²) < 4.78 is 1.88. The van der Waals surface area contributed by atoms with E-state index in [-0.39, 0.29) is 24.4 Å². The van der Waals surface area contributed by atoms with Crippen molar-refractivity contribution in [2.45, 2.75) is 97.2 Å².